The molecule has 0 N–H and O–H groups in total. The van der Waals surface area contributed by atoms with E-state index in [0.29, 0.717) is 34.3 Å². The molecular weight excluding hydrogens is 418 g/mol. The van der Waals surface area contributed by atoms with Gasteiger partial charge >= 0.3 is 0 Å². The third-order valence-electron chi connectivity index (χ3n) is 5.29. The third-order valence-corrected chi connectivity index (χ3v) is 5.59. The maximum absolute atomic E-state index is 12.4. The first-order chi connectivity index (χ1) is 14.9. The molecule has 0 spiro atoms. The van der Waals surface area contributed by atoms with Gasteiger partial charge in [-0.15, -0.1) is 0 Å². The first-order valence-electron chi connectivity index (χ1n) is 9.69. The van der Waals surface area contributed by atoms with Gasteiger partial charge in [-0.05, 0) is 24.3 Å². The minimum Gasteiger partial charge on any atom is -0.497 e. The smallest absolute Gasteiger partial charge is 0.240 e. The topological polar surface area (TPSA) is 73.2 Å². The second-order valence-corrected chi connectivity index (χ2v) is 7.49. The lowest BCUT2D eigenvalue weighted by Crippen LogP contribution is -2.24. The first kappa shape index (κ1) is 20.9. The lowest BCUT2D eigenvalue weighted by molar-refractivity contribution is -0.130. The summed E-state index contributed by atoms with van der Waals surface area (Å²) in [4.78, 5) is 17.0. The fourth-order valence-corrected chi connectivity index (χ4v) is 4.02. The Morgan fingerprint density at radius 3 is 2.39 bits per heavy atom. The number of aromatic nitrogens is 1. The maximum Gasteiger partial charge on any atom is 0.240 e. The van der Waals surface area contributed by atoms with Crippen molar-refractivity contribution in [1.29, 1.82) is 0 Å². The van der Waals surface area contributed by atoms with Crippen molar-refractivity contribution in [2.45, 2.75) is 19.4 Å². The Kier molecular flexibility index (Phi) is 5.69. The van der Waals surface area contributed by atoms with Crippen LogP contribution in [0.3, 0.4) is 0 Å². The van der Waals surface area contributed by atoms with Gasteiger partial charge in [0, 0.05) is 35.9 Å². The predicted octanol–water partition coefficient (Wildman–Crippen LogP) is 4.61. The third kappa shape index (κ3) is 3.88. The van der Waals surface area contributed by atoms with Gasteiger partial charge in [-0.25, -0.2) is 9.99 Å². The van der Waals surface area contributed by atoms with E-state index in [-0.39, 0.29) is 11.9 Å². The summed E-state index contributed by atoms with van der Waals surface area (Å²) in [5.41, 5.74) is 2.95. The van der Waals surface area contributed by atoms with E-state index in [0.717, 1.165) is 22.2 Å². The van der Waals surface area contributed by atoms with E-state index < -0.39 is 0 Å². The van der Waals surface area contributed by atoms with E-state index in [1.165, 1.54) is 11.9 Å². The van der Waals surface area contributed by atoms with Gasteiger partial charge in [-0.2, -0.15) is 5.10 Å². The minimum atomic E-state index is -0.375. The summed E-state index contributed by atoms with van der Waals surface area (Å²) in [6.45, 7) is 1.48. The number of rotatable bonds is 5. The number of fused-ring (bicyclic) bond motifs is 1. The van der Waals surface area contributed by atoms with Crippen LogP contribution in [0.5, 0.6) is 17.2 Å². The number of nitrogens with zero attached hydrogens (tertiary/aromatic N) is 3. The molecule has 8 heteroatoms. The molecule has 0 fully saturated rings. The van der Waals surface area contributed by atoms with E-state index >= 15 is 0 Å². The summed E-state index contributed by atoms with van der Waals surface area (Å²) in [6, 6.07) is 12.8. The van der Waals surface area contributed by atoms with E-state index in [2.05, 4.69) is 10.1 Å². The summed E-state index contributed by atoms with van der Waals surface area (Å²) in [7, 11) is 4.78. The summed E-state index contributed by atoms with van der Waals surface area (Å²) in [5, 5.41) is 7.24. The molecule has 2 heterocycles. The molecule has 1 amide bonds. The highest BCUT2D eigenvalue weighted by atomic mass is 35.5. The SMILES string of the molecule is COc1cc(OC)cc(C2=NN(C(C)=O)[C@H](c3cc4cccc(OC)c4nc3Cl)C2)c1. The highest BCUT2D eigenvalue weighted by Crippen LogP contribution is 2.39. The number of hydrazone groups is 1. The van der Waals surface area contributed by atoms with Gasteiger partial charge in [0.1, 0.15) is 27.9 Å². The molecule has 1 aromatic heterocycles. The highest BCUT2D eigenvalue weighted by Gasteiger charge is 2.34. The monoisotopic (exact) mass is 439 g/mol. The molecule has 4 rings (SSSR count). The number of pyridine rings is 1. The number of halogens is 1. The van der Waals surface area contributed by atoms with Gasteiger partial charge in [0.25, 0.3) is 0 Å². The zero-order chi connectivity index (χ0) is 22.1. The van der Waals surface area contributed by atoms with Crippen LogP contribution in [-0.4, -0.2) is 42.9 Å². The molecule has 0 saturated heterocycles. The number of para-hydroxylation sites is 1. The van der Waals surface area contributed by atoms with E-state index in [1.807, 2.05) is 36.4 Å². The average molecular weight is 440 g/mol. The Labute approximate surface area is 185 Å². The molecule has 3 aromatic rings. The predicted molar refractivity (Wildman–Crippen MR) is 119 cm³/mol. The number of benzene rings is 2. The van der Waals surface area contributed by atoms with Crippen LogP contribution in [0.4, 0.5) is 0 Å². The molecule has 1 aliphatic rings. The van der Waals surface area contributed by atoms with Crippen molar-refractivity contribution in [3.05, 3.63) is 58.7 Å². The molecule has 0 saturated carbocycles. The fraction of sp³-hybridized carbons (Fsp3) is 0.261. The van der Waals surface area contributed by atoms with Crippen molar-refractivity contribution < 1.29 is 19.0 Å². The molecular formula is C23H22ClN3O4. The number of hydrogen-bond donors (Lipinski definition) is 0. The molecule has 2 aromatic carbocycles. The quantitative estimate of drug-likeness (QED) is 0.543. The van der Waals surface area contributed by atoms with Crippen molar-refractivity contribution in [1.82, 2.24) is 9.99 Å². The Bertz CT molecular complexity index is 1170. The average Bonchev–Trinajstić information content (AvgIpc) is 3.23. The Morgan fingerprint density at radius 2 is 1.77 bits per heavy atom. The maximum atomic E-state index is 12.4. The lowest BCUT2D eigenvalue weighted by atomic mass is 9.98. The Balaban J connectivity index is 1.77. The highest BCUT2D eigenvalue weighted by molar-refractivity contribution is 6.30. The first-order valence-corrected chi connectivity index (χ1v) is 10.1. The van der Waals surface area contributed by atoms with Crippen LogP contribution >= 0.6 is 11.6 Å². The lowest BCUT2D eigenvalue weighted by Gasteiger charge is -2.21. The number of hydrogen-bond acceptors (Lipinski definition) is 6. The minimum absolute atomic E-state index is 0.184. The number of amides is 1. The van der Waals surface area contributed by atoms with Gasteiger partial charge < -0.3 is 14.2 Å². The molecule has 0 aliphatic carbocycles. The Hall–Kier alpha value is -3.32. The van der Waals surface area contributed by atoms with Gasteiger partial charge in [-0.3, -0.25) is 4.79 Å². The molecule has 7 nitrogen and oxygen atoms in total. The van der Waals surface area contributed by atoms with Crippen molar-refractivity contribution in [2.24, 2.45) is 5.10 Å². The largest absolute Gasteiger partial charge is 0.497 e. The number of carbonyl (C=O) groups is 1. The van der Waals surface area contributed by atoms with Crippen molar-refractivity contribution in [2.75, 3.05) is 21.3 Å². The summed E-state index contributed by atoms with van der Waals surface area (Å²) < 4.78 is 16.1. The van der Waals surface area contributed by atoms with Crippen LogP contribution in [-0.2, 0) is 4.79 Å². The molecule has 31 heavy (non-hydrogen) atoms. The summed E-state index contributed by atoms with van der Waals surface area (Å²) in [6.07, 6.45) is 0.479. The van der Waals surface area contributed by atoms with Crippen LogP contribution < -0.4 is 14.2 Å². The van der Waals surface area contributed by atoms with Gasteiger partial charge in [0.15, 0.2) is 0 Å². The van der Waals surface area contributed by atoms with Gasteiger partial charge in [0.05, 0.1) is 33.1 Å². The van der Waals surface area contributed by atoms with Crippen LogP contribution in [0.1, 0.15) is 30.5 Å². The van der Waals surface area contributed by atoms with E-state index in [4.69, 9.17) is 25.8 Å². The zero-order valence-corrected chi connectivity index (χ0v) is 18.4. The number of carbonyl (C=O) groups excluding carboxylic acids is 1. The van der Waals surface area contributed by atoms with Crippen LogP contribution in [0, 0.1) is 0 Å². The summed E-state index contributed by atoms with van der Waals surface area (Å²) in [5.74, 6) is 1.75. The van der Waals surface area contributed by atoms with Crippen LogP contribution in [0.25, 0.3) is 10.9 Å². The molecule has 0 unspecified atom stereocenters. The van der Waals surface area contributed by atoms with Gasteiger partial charge in [-0.1, -0.05) is 23.7 Å². The van der Waals surface area contributed by atoms with Crippen LogP contribution in [0.15, 0.2) is 47.6 Å². The van der Waals surface area contributed by atoms with E-state index in [1.54, 1.807) is 27.4 Å². The van der Waals surface area contributed by atoms with Crippen molar-refractivity contribution in [3.63, 3.8) is 0 Å². The second-order valence-electron chi connectivity index (χ2n) is 7.13. The summed E-state index contributed by atoms with van der Waals surface area (Å²) >= 11 is 6.58. The molecule has 1 atom stereocenters. The normalized spacial score (nSPS) is 15.7. The van der Waals surface area contributed by atoms with Crippen LogP contribution in [0.2, 0.25) is 5.15 Å². The fourth-order valence-electron chi connectivity index (χ4n) is 3.75. The zero-order valence-electron chi connectivity index (χ0n) is 17.7. The molecule has 0 bridgehead atoms. The standard InChI is InChI=1S/C23H22ClN3O4/c1-13(28)27-20(12-19(26-27)15-8-16(29-2)11-17(9-15)30-3)18-10-14-6-5-7-21(31-4)22(14)25-23(18)24/h5-11,20H,12H2,1-4H3/t20-/m0/s1. The van der Waals surface area contributed by atoms with Crippen molar-refractivity contribution in [3.8, 4) is 17.2 Å². The number of ether oxygens (including phenoxy) is 3. The molecule has 160 valence electrons. The van der Waals surface area contributed by atoms with Gasteiger partial charge in [0.2, 0.25) is 5.91 Å². The van der Waals surface area contributed by atoms with E-state index in [9.17, 15) is 4.79 Å². The number of methoxy groups -OCH3 is 3. The molecule has 0 radical (unpaired) electrons. The second kappa shape index (κ2) is 8.43. The van der Waals surface area contributed by atoms with Crippen molar-refractivity contribution >= 4 is 34.1 Å². The Morgan fingerprint density at radius 1 is 1.06 bits per heavy atom. The molecule has 1 aliphatic heterocycles.